The molecule has 0 bridgehead atoms. The first-order chi connectivity index (χ1) is 11.4. The molecule has 0 aromatic heterocycles. The molecule has 0 saturated carbocycles. The molecular weight excluding hydrogens is 324 g/mol. The fourth-order valence-corrected chi connectivity index (χ4v) is 2.66. The molecule has 4 nitrogen and oxygen atoms in total. The molecule has 2 aromatic rings. The van der Waals surface area contributed by atoms with Gasteiger partial charge >= 0.3 is 0 Å². The van der Waals surface area contributed by atoms with Crippen LogP contribution < -0.4 is 10.2 Å². The fourth-order valence-electron chi connectivity index (χ4n) is 2.53. The topological polar surface area (TPSA) is 49.4 Å². The van der Waals surface area contributed by atoms with E-state index in [1.54, 1.807) is 24.3 Å². The first kappa shape index (κ1) is 18.0. The van der Waals surface area contributed by atoms with Gasteiger partial charge in [-0.05, 0) is 48.7 Å². The van der Waals surface area contributed by atoms with Crippen molar-refractivity contribution in [1.82, 2.24) is 0 Å². The van der Waals surface area contributed by atoms with E-state index in [0.717, 1.165) is 23.2 Å². The molecule has 2 rings (SSSR count). The maximum atomic E-state index is 12.5. The van der Waals surface area contributed by atoms with Gasteiger partial charge in [-0.15, -0.1) is 0 Å². The van der Waals surface area contributed by atoms with Crippen LogP contribution in [0, 0.1) is 6.92 Å². The SMILES string of the molecule is CCc1cccc(C)c1NC(=O)CN(C(C)=O)c1ccc(Cl)cc1. The Morgan fingerprint density at radius 1 is 1.12 bits per heavy atom. The van der Waals surface area contributed by atoms with Crippen LogP contribution in [0.1, 0.15) is 25.0 Å². The summed E-state index contributed by atoms with van der Waals surface area (Å²) in [6, 6.07) is 12.8. The Bertz CT molecular complexity index is 742. The third-order valence-corrected chi connectivity index (χ3v) is 4.08. The normalized spacial score (nSPS) is 10.3. The van der Waals surface area contributed by atoms with Crippen LogP contribution in [0.5, 0.6) is 0 Å². The number of carbonyl (C=O) groups excluding carboxylic acids is 2. The van der Waals surface area contributed by atoms with Crippen molar-refractivity contribution in [1.29, 1.82) is 0 Å². The van der Waals surface area contributed by atoms with E-state index in [0.29, 0.717) is 10.7 Å². The summed E-state index contributed by atoms with van der Waals surface area (Å²) < 4.78 is 0. The molecule has 0 fully saturated rings. The first-order valence-corrected chi connectivity index (χ1v) is 8.22. The summed E-state index contributed by atoms with van der Waals surface area (Å²) >= 11 is 5.88. The van der Waals surface area contributed by atoms with Gasteiger partial charge in [0.15, 0.2) is 0 Å². The van der Waals surface area contributed by atoms with Crippen LogP contribution in [0.15, 0.2) is 42.5 Å². The summed E-state index contributed by atoms with van der Waals surface area (Å²) in [6.07, 6.45) is 0.824. The summed E-state index contributed by atoms with van der Waals surface area (Å²) in [5, 5.41) is 3.52. The number of hydrogen-bond donors (Lipinski definition) is 1. The van der Waals surface area contributed by atoms with Gasteiger partial charge in [-0.3, -0.25) is 9.59 Å². The van der Waals surface area contributed by atoms with Gasteiger partial charge < -0.3 is 10.2 Å². The summed E-state index contributed by atoms with van der Waals surface area (Å²) in [5.74, 6) is -0.433. The Balaban J connectivity index is 2.18. The number of nitrogens with zero attached hydrogens (tertiary/aromatic N) is 1. The van der Waals surface area contributed by atoms with Gasteiger partial charge in [-0.2, -0.15) is 0 Å². The van der Waals surface area contributed by atoms with Gasteiger partial charge in [0.05, 0.1) is 0 Å². The summed E-state index contributed by atoms with van der Waals surface area (Å²) in [6.45, 7) is 5.39. The van der Waals surface area contributed by atoms with Crippen LogP contribution in [-0.4, -0.2) is 18.4 Å². The lowest BCUT2D eigenvalue weighted by molar-refractivity contribution is -0.120. The Morgan fingerprint density at radius 3 is 2.38 bits per heavy atom. The Hall–Kier alpha value is -2.33. The third kappa shape index (κ3) is 4.36. The third-order valence-electron chi connectivity index (χ3n) is 3.82. The molecule has 0 atom stereocenters. The van der Waals surface area contributed by atoms with Crippen LogP contribution in [-0.2, 0) is 16.0 Å². The minimum absolute atomic E-state index is 0.0472. The highest BCUT2D eigenvalue weighted by Gasteiger charge is 2.17. The van der Waals surface area contributed by atoms with Crippen molar-refractivity contribution in [3.05, 3.63) is 58.6 Å². The minimum Gasteiger partial charge on any atom is -0.324 e. The molecule has 126 valence electrons. The van der Waals surface area contributed by atoms with Crippen molar-refractivity contribution in [3.8, 4) is 0 Å². The Morgan fingerprint density at radius 2 is 1.79 bits per heavy atom. The molecule has 0 aliphatic rings. The average molecular weight is 345 g/mol. The number of nitrogens with one attached hydrogen (secondary N) is 1. The zero-order valence-corrected chi connectivity index (χ0v) is 14.9. The molecule has 1 N–H and O–H groups in total. The first-order valence-electron chi connectivity index (χ1n) is 7.84. The summed E-state index contributed by atoms with van der Waals surface area (Å²) in [5.41, 5.74) is 3.54. The molecule has 0 spiro atoms. The van der Waals surface area contributed by atoms with Crippen molar-refractivity contribution < 1.29 is 9.59 Å². The second-order valence-electron chi connectivity index (χ2n) is 5.59. The molecule has 2 aromatic carbocycles. The van der Waals surface area contributed by atoms with Crippen molar-refractivity contribution in [2.45, 2.75) is 27.2 Å². The van der Waals surface area contributed by atoms with E-state index < -0.39 is 0 Å². The number of aryl methyl sites for hydroxylation is 2. The van der Waals surface area contributed by atoms with Crippen LogP contribution >= 0.6 is 11.6 Å². The highest BCUT2D eigenvalue weighted by molar-refractivity contribution is 6.30. The summed E-state index contributed by atoms with van der Waals surface area (Å²) in [7, 11) is 0. The van der Waals surface area contributed by atoms with E-state index in [1.165, 1.54) is 11.8 Å². The highest BCUT2D eigenvalue weighted by Crippen LogP contribution is 2.22. The Kier molecular flexibility index (Phi) is 5.99. The zero-order valence-electron chi connectivity index (χ0n) is 14.1. The Labute approximate surface area is 147 Å². The molecule has 5 heteroatoms. The number of rotatable bonds is 5. The second-order valence-corrected chi connectivity index (χ2v) is 6.03. The molecule has 0 saturated heterocycles. The van der Waals surface area contributed by atoms with E-state index in [9.17, 15) is 9.59 Å². The van der Waals surface area contributed by atoms with E-state index in [4.69, 9.17) is 11.6 Å². The maximum absolute atomic E-state index is 12.5. The number of anilines is 2. The van der Waals surface area contributed by atoms with Crippen LogP contribution in [0.2, 0.25) is 5.02 Å². The number of amides is 2. The van der Waals surface area contributed by atoms with Crippen molar-refractivity contribution in [2.24, 2.45) is 0 Å². The molecule has 0 unspecified atom stereocenters. The van der Waals surface area contributed by atoms with Gasteiger partial charge in [0, 0.05) is 23.3 Å². The lowest BCUT2D eigenvalue weighted by atomic mass is 10.1. The monoisotopic (exact) mass is 344 g/mol. The predicted octanol–water partition coefficient (Wildman–Crippen LogP) is 4.20. The van der Waals surface area contributed by atoms with Crippen LogP contribution in [0.4, 0.5) is 11.4 Å². The number of para-hydroxylation sites is 1. The number of benzene rings is 2. The average Bonchev–Trinajstić information content (AvgIpc) is 2.55. The lowest BCUT2D eigenvalue weighted by Crippen LogP contribution is -2.36. The van der Waals surface area contributed by atoms with Crippen LogP contribution in [0.25, 0.3) is 0 Å². The fraction of sp³-hybridized carbons (Fsp3) is 0.263. The number of carbonyl (C=O) groups is 2. The molecule has 0 heterocycles. The molecule has 0 aliphatic heterocycles. The van der Waals surface area contributed by atoms with Gasteiger partial charge in [-0.1, -0.05) is 36.7 Å². The zero-order chi connectivity index (χ0) is 17.7. The molecule has 2 amide bonds. The van der Waals surface area contributed by atoms with Crippen molar-refractivity contribution in [3.63, 3.8) is 0 Å². The molecular formula is C19H21ClN2O2. The van der Waals surface area contributed by atoms with E-state index in [-0.39, 0.29) is 18.4 Å². The van der Waals surface area contributed by atoms with Gasteiger partial charge in [-0.25, -0.2) is 0 Å². The highest BCUT2D eigenvalue weighted by atomic mass is 35.5. The smallest absolute Gasteiger partial charge is 0.244 e. The molecule has 0 radical (unpaired) electrons. The van der Waals surface area contributed by atoms with Gasteiger partial charge in [0.2, 0.25) is 11.8 Å². The van der Waals surface area contributed by atoms with Gasteiger partial charge in [0.1, 0.15) is 6.54 Å². The number of halogens is 1. The van der Waals surface area contributed by atoms with Crippen molar-refractivity contribution in [2.75, 3.05) is 16.8 Å². The van der Waals surface area contributed by atoms with Crippen molar-refractivity contribution >= 4 is 34.8 Å². The van der Waals surface area contributed by atoms with Crippen LogP contribution in [0.3, 0.4) is 0 Å². The largest absolute Gasteiger partial charge is 0.324 e. The van der Waals surface area contributed by atoms with E-state index in [2.05, 4.69) is 5.32 Å². The lowest BCUT2D eigenvalue weighted by Gasteiger charge is -2.21. The standard InChI is InChI=1S/C19H21ClN2O2/c1-4-15-7-5-6-13(2)19(15)21-18(24)12-22(14(3)23)17-10-8-16(20)9-11-17/h5-11H,4,12H2,1-3H3,(H,21,24). The second kappa shape index (κ2) is 7.97. The van der Waals surface area contributed by atoms with Gasteiger partial charge in [0.25, 0.3) is 0 Å². The quantitative estimate of drug-likeness (QED) is 0.883. The number of hydrogen-bond acceptors (Lipinski definition) is 2. The van der Waals surface area contributed by atoms with E-state index in [1.807, 2.05) is 32.0 Å². The molecule has 24 heavy (non-hydrogen) atoms. The summed E-state index contributed by atoms with van der Waals surface area (Å²) in [4.78, 5) is 25.8. The predicted molar refractivity (Wildman–Crippen MR) is 98.7 cm³/mol. The molecule has 0 aliphatic carbocycles. The van der Waals surface area contributed by atoms with E-state index >= 15 is 0 Å². The maximum Gasteiger partial charge on any atom is 0.244 e. The minimum atomic E-state index is -0.232.